The number of nitrogens with one attached hydrogen (secondary N) is 1. The zero-order valence-electron chi connectivity index (χ0n) is 15.9. The summed E-state index contributed by atoms with van der Waals surface area (Å²) in [4.78, 5) is 28.1. The van der Waals surface area contributed by atoms with Crippen molar-refractivity contribution in [1.82, 2.24) is 15.1 Å². The van der Waals surface area contributed by atoms with Crippen LogP contribution in [0.2, 0.25) is 0 Å². The summed E-state index contributed by atoms with van der Waals surface area (Å²) in [6.07, 6.45) is 4.05. The number of hydrogen-bond acceptors (Lipinski definition) is 5. The van der Waals surface area contributed by atoms with Gasteiger partial charge < -0.3 is 24.3 Å². The van der Waals surface area contributed by atoms with Crippen molar-refractivity contribution in [3.63, 3.8) is 0 Å². The Morgan fingerprint density at radius 3 is 2.38 bits per heavy atom. The molecule has 0 bridgehead atoms. The smallest absolute Gasteiger partial charge is 0.410 e. The summed E-state index contributed by atoms with van der Waals surface area (Å²) in [5.41, 5.74) is -0.462. The molecule has 144 valence electrons. The van der Waals surface area contributed by atoms with Gasteiger partial charge in [0, 0.05) is 38.3 Å². The topological polar surface area (TPSA) is 75.0 Å². The van der Waals surface area contributed by atoms with E-state index < -0.39 is 5.60 Å². The fraction of sp³-hybridized carbons (Fsp3) is 0.684. The molecule has 2 aliphatic rings. The number of rotatable bonds is 3. The number of amides is 2. The quantitative estimate of drug-likeness (QED) is 0.893. The van der Waals surface area contributed by atoms with Crippen LogP contribution < -0.4 is 5.32 Å². The molecule has 0 aromatic carbocycles. The van der Waals surface area contributed by atoms with E-state index in [1.165, 1.54) is 6.26 Å². The Morgan fingerprint density at radius 2 is 1.77 bits per heavy atom. The lowest BCUT2D eigenvalue weighted by Gasteiger charge is -2.33. The third-order valence-corrected chi connectivity index (χ3v) is 4.83. The predicted molar refractivity (Wildman–Crippen MR) is 97.0 cm³/mol. The molecule has 0 spiro atoms. The molecule has 0 aliphatic carbocycles. The highest BCUT2D eigenvalue weighted by atomic mass is 16.6. The largest absolute Gasteiger partial charge is 0.459 e. The van der Waals surface area contributed by atoms with E-state index in [0.29, 0.717) is 24.4 Å². The molecule has 2 fully saturated rings. The predicted octanol–water partition coefficient (Wildman–Crippen LogP) is 2.48. The van der Waals surface area contributed by atoms with Gasteiger partial charge in [0.1, 0.15) is 5.60 Å². The summed E-state index contributed by atoms with van der Waals surface area (Å²) in [6.45, 7) is 8.50. The number of hydrogen-bond donors (Lipinski definition) is 1. The first kappa shape index (κ1) is 18.8. The van der Waals surface area contributed by atoms with Crippen molar-refractivity contribution in [2.45, 2.75) is 57.7 Å². The van der Waals surface area contributed by atoms with Crippen molar-refractivity contribution in [3.8, 4) is 0 Å². The van der Waals surface area contributed by atoms with Gasteiger partial charge in [0.15, 0.2) is 5.76 Å². The first-order valence-electron chi connectivity index (χ1n) is 9.38. The molecular formula is C19H29N3O4. The Bertz CT molecular complexity index is 615. The number of carbonyl (C=O) groups excluding carboxylic acids is 2. The number of nitrogens with zero attached hydrogens (tertiary/aromatic N) is 2. The molecule has 2 saturated heterocycles. The Kier molecular flexibility index (Phi) is 5.55. The maximum atomic E-state index is 12.3. The van der Waals surface area contributed by atoms with Gasteiger partial charge in [-0.15, -0.1) is 0 Å². The van der Waals surface area contributed by atoms with E-state index in [9.17, 15) is 9.59 Å². The average molecular weight is 363 g/mol. The van der Waals surface area contributed by atoms with E-state index in [4.69, 9.17) is 9.15 Å². The Morgan fingerprint density at radius 1 is 1.12 bits per heavy atom. The van der Waals surface area contributed by atoms with Crippen molar-refractivity contribution in [3.05, 3.63) is 24.2 Å². The third kappa shape index (κ3) is 4.78. The van der Waals surface area contributed by atoms with Crippen LogP contribution in [0.4, 0.5) is 4.79 Å². The number of likely N-dealkylation sites (tertiary alicyclic amines) is 2. The number of carbonyl (C=O) groups is 2. The SMILES string of the molecule is CC(C)(C)OC(=O)N1CC[C@@H](NC2CCN(C(=O)c3ccco3)CC2)C1. The first-order chi connectivity index (χ1) is 12.3. The van der Waals surface area contributed by atoms with Crippen LogP contribution in [-0.4, -0.2) is 65.7 Å². The minimum atomic E-state index is -0.462. The molecule has 1 atom stereocenters. The zero-order chi connectivity index (χ0) is 18.7. The summed E-state index contributed by atoms with van der Waals surface area (Å²) < 4.78 is 10.6. The minimum absolute atomic E-state index is 0.0367. The van der Waals surface area contributed by atoms with Crippen LogP contribution in [0.15, 0.2) is 22.8 Å². The standard InChI is InChI=1S/C19H29N3O4/c1-19(2,3)26-18(24)22-11-8-15(13-22)20-14-6-9-21(10-7-14)17(23)16-5-4-12-25-16/h4-5,12,14-15,20H,6-11,13H2,1-3H3/t15-/m1/s1. The Hall–Kier alpha value is -2.02. The average Bonchev–Trinajstić information content (AvgIpc) is 3.25. The fourth-order valence-corrected chi connectivity index (χ4v) is 3.53. The molecule has 3 rings (SSSR count). The molecule has 0 radical (unpaired) electrons. The van der Waals surface area contributed by atoms with E-state index in [0.717, 1.165) is 38.9 Å². The lowest BCUT2D eigenvalue weighted by atomic mass is 10.0. The summed E-state index contributed by atoms with van der Waals surface area (Å²) in [6, 6.07) is 4.10. The molecule has 2 amide bonds. The van der Waals surface area contributed by atoms with Crippen LogP contribution in [0.3, 0.4) is 0 Å². The molecular weight excluding hydrogens is 334 g/mol. The van der Waals surface area contributed by atoms with E-state index >= 15 is 0 Å². The lowest BCUT2D eigenvalue weighted by molar-refractivity contribution is 0.0289. The maximum Gasteiger partial charge on any atom is 0.410 e. The second-order valence-electron chi connectivity index (χ2n) is 8.12. The second-order valence-corrected chi connectivity index (χ2v) is 8.12. The van der Waals surface area contributed by atoms with Gasteiger partial charge in [0.2, 0.25) is 0 Å². The summed E-state index contributed by atoms with van der Waals surface area (Å²) in [5, 5.41) is 3.65. The van der Waals surface area contributed by atoms with Crippen molar-refractivity contribution in [2.24, 2.45) is 0 Å². The molecule has 7 heteroatoms. The Balaban J connectivity index is 1.41. The molecule has 1 N–H and O–H groups in total. The molecule has 1 aromatic heterocycles. The highest BCUT2D eigenvalue weighted by molar-refractivity contribution is 5.91. The van der Waals surface area contributed by atoms with Gasteiger partial charge in [0.25, 0.3) is 5.91 Å². The van der Waals surface area contributed by atoms with E-state index in [1.54, 1.807) is 17.0 Å². The maximum absolute atomic E-state index is 12.3. The molecule has 1 aromatic rings. The van der Waals surface area contributed by atoms with Crippen LogP contribution in [0.25, 0.3) is 0 Å². The van der Waals surface area contributed by atoms with E-state index in [1.807, 2.05) is 25.7 Å². The molecule has 0 saturated carbocycles. The zero-order valence-corrected chi connectivity index (χ0v) is 15.9. The molecule has 26 heavy (non-hydrogen) atoms. The monoisotopic (exact) mass is 363 g/mol. The molecule has 2 aliphatic heterocycles. The van der Waals surface area contributed by atoms with Crippen LogP contribution in [0.5, 0.6) is 0 Å². The molecule has 7 nitrogen and oxygen atoms in total. The van der Waals surface area contributed by atoms with Crippen molar-refractivity contribution in [2.75, 3.05) is 26.2 Å². The normalized spacial score (nSPS) is 21.9. The third-order valence-electron chi connectivity index (χ3n) is 4.83. The lowest BCUT2D eigenvalue weighted by Crippen LogP contribution is -2.48. The van der Waals surface area contributed by atoms with Gasteiger partial charge in [-0.2, -0.15) is 0 Å². The highest BCUT2D eigenvalue weighted by Gasteiger charge is 2.32. The Labute approximate surface area is 154 Å². The van der Waals surface area contributed by atoms with Gasteiger partial charge >= 0.3 is 6.09 Å². The van der Waals surface area contributed by atoms with E-state index in [2.05, 4.69) is 5.32 Å². The summed E-state index contributed by atoms with van der Waals surface area (Å²) >= 11 is 0. The highest BCUT2D eigenvalue weighted by Crippen LogP contribution is 2.19. The molecule has 0 unspecified atom stereocenters. The van der Waals surface area contributed by atoms with Gasteiger partial charge in [-0.1, -0.05) is 0 Å². The van der Waals surface area contributed by atoms with Crippen LogP contribution in [0.1, 0.15) is 50.6 Å². The van der Waals surface area contributed by atoms with Gasteiger partial charge in [-0.05, 0) is 52.2 Å². The van der Waals surface area contributed by atoms with Crippen molar-refractivity contribution >= 4 is 12.0 Å². The second kappa shape index (κ2) is 7.70. The number of piperidine rings is 1. The molecule has 3 heterocycles. The van der Waals surface area contributed by atoms with Gasteiger partial charge in [-0.25, -0.2) is 4.79 Å². The van der Waals surface area contributed by atoms with Gasteiger partial charge in [0.05, 0.1) is 6.26 Å². The minimum Gasteiger partial charge on any atom is -0.459 e. The van der Waals surface area contributed by atoms with Crippen molar-refractivity contribution < 1.29 is 18.7 Å². The van der Waals surface area contributed by atoms with Crippen LogP contribution in [-0.2, 0) is 4.74 Å². The van der Waals surface area contributed by atoms with Crippen LogP contribution >= 0.6 is 0 Å². The van der Waals surface area contributed by atoms with Gasteiger partial charge in [-0.3, -0.25) is 4.79 Å². The van der Waals surface area contributed by atoms with E-state index in [-0.39, 0.29) is 12.0 Å². The van der Waals surface area contributed by atoms with Crippen LogP contribution in [0, 0.1) is 0 Å². The number of ether oxygens (including phenoxy) is 1. The van der Waals surface area contributed by atoms with Crippen molar-refractivity contribution in [1.29, 1.82) is 0 Å². The number of furan rings is 1. The summed E-state index contributed by atoms with van der Waals surface area (Å²) in [7, 11) is 0. The summed E-state index contributed by atoms with van der Waals surface area (Å²) in [5.74, 6) is 0.366. The fourth-order valence-electron chi connectivity index (χ4n) is 3.53. The first-order valence-corrected chi connectivity index (χ1v) is 9.38.